The van der Waals surface area contributed by atoms with Crippen LogP contribution in [0.25, 0.3) is 5.65 Å². The van der Waals surface area contributed by atoms with E-state index in [4.69, 9.17) is 0 Å². The predicted octanol–water partition coefficient (Wildman–Crippen LogP) is 1.43. The maximum atomic E-state index is 9.23. The second-order valence-corrected chi connectivity index (χ2v) is 4.85. The highest BCUT2D eigenvalue weighted by Gasteiger charge is 2.27. The number of fused-ring (bicyclic) bond motifs is 1. The van der Waals surface area contributed by atoms with Crippen LogP contribution in [-0.2, 0) is 0 Å². The van der Waals surface area contributed by atoms with Gasteiger partial charge in [-0.2, -0.15) is 0 Å². The average molecular weight is 283 g/mol. The minimum absolute atomic E-state index is 0.166. The lowest BCUT2D eigenvalue weighted by Gasteiger charge is -2.32. The third-order valence-corrected chi connectivity index (χ3v) is 3.18. The Morgan fingerprint density at radius 3 is 3.06 bits per heavy atom. The van der Waals surface area contributed by atoms with Gasteiger partial charge in [-0.1, -0.05) is 0 Å². The molecule has 1 fully saturated rings. The van der Waals surface area contributed by atoms with Crippen LogP contribution in [0.15, 0.2) is 23.2 Å². The quantitative estimate of drug-likeness (QED) is 0.875. The minimum atomic E-state index is -0.166. The molecule has 1 aliphatic carbocycles. The smallest absolute Gasteiger partial charge is 0.180 e. The number of aromatic nitrogens is 3. The zero-order valence-electron chi connectivity index (χ0n) is 8.47. The number of anilines is 1. The van der Waals surface area contributed by atoms with Crippen molar-refractivity contribution in [1.29, 1.82) is 0 Å². The maximum Gasteiger partial charge on any atom is 0.180 e. The fourth-order valence-corrected chi connectivity index (χ4v) is 2.29. The summed E-state index contributed by atoms with van der Waals surface area (Å²) in [5.41, 5.74) is 0.810. The first-order chi connectivity index (χ1) is 7.72. The van der Waals surface area contributed by atoms with E-state index in [9.17, 15) is 5.11 Å². The Bertz CT molecular complexity index is 521. The molecule has 6 heteroatoms. The molecule has 84 valence electrons. The van der Waals surface area contributed by atoms with Gasteiger partial charge in [0.2, 0.25) is 0 Å². The molecule has 0 atom stereocenters. The van der Waals surface area contributed by atoms with Crippen molar-refractivity contribution in [2.45, 2.75) is 25.0 Å². The van der Waals surface area contributed by atoms with Crippen molar-refractivity contribution < 1.29 is 5.11 Å². The van der Waals surface area contributed by atoms with Gasteiger partial charge in [-0.15, -0.1) is 0 Å². The number of nitrogens with one attached hydrogen (secondary N) is 1. The molecule has 0 aromatic carbocycles. The van der Waals surface area contributed by atoms with Crippen LogP contribution in [0.4, 0.5) is 5.82 Å². The number of hydrogen-bond donors (Lipinski definition) is 2. The molecule has 0 aliphatic heterocycles. The van der Waals surface area contributed by atoms with Gasteiger partial charge in [-0.05, 0) is 28.8 Å². The molecule has 0 bridgehead atoms. The molecule has 2 aromatic rings. The molecule has 2 aromatic heterocycles. The molecule has 2 N–H and O–H groups in total. The van der Waals surface area contributed by atoms with E-state index in [-0.39, 0.29) is 6.10 Å². The van der Waals surface area contributed by atoms with Gasteiger partial charge in [0.1, 0.15) is 4.60 Å². The first-order valence-electron chi connectivity index (χ1n) is 5.16. The molecular weight excluding hydrogens is 272 g/mol. The molecule has 3 rings (SSSR count). The van der Waals surface area contributed by atoms with E-state index >= 15 is 0 Å². The Balaban J connectivity index is 1.92. The third-order valence-electron chi connectivity index (χ3n) is 2.80. The van der Waals surface area contributed by atoms with Gasteiger partial charge in [0.15, 0.2) is 11.5 Å². The van der Waals surface area contributed by atoms with Crippen molar-refractivity contribution in [2.75, 3.05) is 5.32 Å². The molecule has 0 amide bonds. The summed E-state index contributed by atoms with van der Waals surface area (Å²) < 4.78 is 2.68. The average Bonchev–Trinajstić information content (AvgIpc) is 2.62. The van der Waals surface area contributed by atoms with Gasteiger partial charge < -0.3 is 14.8 Å². The summed E-state index contributed by atoms with van der Waals surface area (Å²) in [5, 5.41) is 12.5. The normalized spacial score (nSPS) is 24.4. The zero-order chi connectivity index (χ0) is 11.1. The van der Waals surface area contributed by atoms with Gasteiger partial charge in [-0.25, -0.2) is 9.97 Å². The molecule has 0 radical (unpaired) electrons. The Labute approximate surface area is 101 Å². The van der Waals surface area contributed by atoms with Crippen LogP contribution in [0.3, 0.4) is 0 Å². The molecule has 0 unspecified atom stereocenters. The van der Waals surface area contributed by atoms with Gasteiger partial charge in [0.25, 0.3) is 0 Å². The number of aliphatic hydroxyl groups is 1. The maximum absolute atomic E-state index is 9.23. The molecule has 0 spiro atoms. The van der Waals surface area contributed by atoms with E-state index in [2.05, 4.69) is 31.2 Å². The molecule has 1 aliphatic rings. The van der Waals surface area contributed by atoms with Gasteiger partial charge in [0, 0.05) is 24.6 Å². The summed E-state index contributed by atoms with van der Waals surface area (Å²) in [5.74, 6) is 0.760. The highest BCUT2D eigenvalue weighted by molar-refractivity contribution is 9.10. The van der Waals surface area contributed by atoms with E-state index in [1.807, 2.05) is 16.8 Å². The summed E-state index contributed by atoms with van der Waals surface area (Å²) in [4.78, 5) is 8.61. The fraction of sp³-hybridized carbons (Fsp3) is 0.400. The monoisotopic (exact) mass is 282 g/mol. The summed E-state index contributed by atoms with van der Waals surface area (Å²) in [6.45, 7) is 0. The van der Waals surface area contributed by atoms with Gasteiger partial charge in [-0.3, -0.25) is 0 Å². The van der Waals surface area contributed by atoms with Crippen LogP contribution in [-0.4, -0.2) is 31.6 Å². The van der Waals surface area contributed by atoms with E-state index in [1.54, 1.807) is 6.20 Å². The van der Waals surface area contributed by atoms with Crippen molar-refractivity contribution in [2.24, 2.45) is 0 Å². The highest BCUT2D eigenvalue weighted by atomic mass is 79.9. The lowest BCUT2D eigenvalue weighted by Crippen LogP contribution is -2.39. The number of rotatable bonds is 2. The van der Waals surface area contributed by atoms with Crippen LogP contribution in [0.5, 0.6) is 0 Å². The van der Waals surface area contributed by atoms with Crippen LogP contribution < -0.4 is 5.32 Å². The SMILES string of the molecule is OC1CC(Nc2nc(Br)cn3ccnc23)C1. The first kappa shape index (κ1) is 10.0. The van der Waals surface area contributed by atoms with E-state index in [0.717, 1.165) is 28.9 Å². The Morgan fingerprint density at radius 2 is 2.31 bits per heavy atom. The number of hydrogen-bond acceptors (Lipinski definition) is 4. The Morgan fingerprint density at radius 1 is 1.50 bits per heavy atom. The highest BCUT2D eigenvalue weighted by Crippen LogP contribution is 2.25. The molecule has 0 saturated heterocycles. The zero-order valence-corrected chi connectivity index (χ0v) is 10.1. The topological polar surface area (TPSA) is 62.5 Å². The number of imidazole rings is 1. The fourth-order valence-electron chi connectivity index (χ4n) is 1.90. The second kappa shape index (κ2) is 3.71. The molecule has 5 nitrogen and oxygen atoms in total. The lowest BCUT2D eigenvalue weighted by atomic mass is 9.89. The third kappa shape index (κ3) is 1.68. The minimum Gasteiger partial charge on any atom is -0.393 e. The van der Waals surface area contributed by atoms with Crippen LogP contribution >= 0.6 is 15.9 Å². The Hall–Kier alpha value is -1.14. The lowest BCUT2D eigenvalue weighted by molar-refractivity contribution is 0.0835. The van der Waals surface area contributed by atoms with Crippen molar-refractivity contribution >= 4 is 27.4 Å². The van der Waals surface area contributed by atoms with Gasteiger partial charge in [0.05, 0.1) is 6.10 Å². The van der Waals surface area contributed by atoms with Crippen molar-refractivity contribution in [3.63, 3.8) is 0 Å². The van der Waals surface area contributed by atoms with E-state index in [1.165, 1.54) is 0 Å². The van der Waals surface area contributed by atoms with E-state index in [0.29, 0.717) is 6.04 Å². The number of halogens is 1. The molecule has 16 heavy (non-hydrogen) atoms. The largest absolute Gasteiger partial charge is 0.393 e. The molecule has 1 saturated carbocycles. The predicted molar refractivity (Wildman–Crippen MR) is 63.3 cm³/mol. The number of nitrogens with zero attached hydrogens (tertiary/aromatic N) is 3. The van der Waals surface area contributed by atoms with Crippen LogP contribution in [0.1, 0.15) is 12.8 Å². The molecular formula is C10H11BrN4O. The van der Waals surface area contributed by atoms with Crippen molar-refractivity contribution in [1.82, 2.24) is 14.4 Å². The Kier molecular flexibility index (Phi) is 2.33. The van der Waals surface area contributed by atoms with E-state index < -0.39 is 0 Å². The summed E-state index contributed by atoms with van der Waals surface area (Å²) >= 11 is 3.36. The first-order valence-corrected chi connectivity index (χ1v) is 5.95. The molecule has 2 heterocycles. The second-order valence-electron chi connectivity index (χ2n) is 4.04. The van der Waals surface area contributed by atoms with Crippen LogP contribution in [0, 0.1) is 0 Å². The number of aliphatic hydroxyl groups excluding tert-OH is 1. The summed E-state index contributed by atoms with van der Waals surface area (Å²) in [6.07, 6.45) is 6.87. The summed E-state index contributed by atoms with van der Waals surface area (Å²) in [7, 11) is 0. The van der Waals surface area contributed by atoms with Crippen molar-refractivity contribution in [3.8, 4) is 0 Å². The summed E-state index contributed by atoms with van der Waals surface area (Å²) in [6, 6.07) is 0.303. The standard InChI is InChI=1S/C10H11BrN4O/c11-8-5-15-2-1-12-10(15)9(14-8)13-6-3-7(16)4-6/h1-2,5-7,16H,3-4H2,(H,13,14). The van der Waals surface area contributed by atoms with Crippen LogP contribution in [0.2, 0.25) is 0 Å². The van der Waals surface area contributed by atoms with Gasteiger partial charge >= 0.3 is 0 Å². The van der Waals surface area contributed by atoms with Crippen molar-refractivity contribution in [3.05, 3.63) is 23.2 Å².